The van der Waals surface area contributed by atoms with Gasteiger partial charge in [0.05, 0.1) is 18.7 Å². The van der Waals surface area contributed by atoms with Gasteiger partial charge in [0.2, 0.25) is 11.6 Å². The number of amides is 2. The lowest BCUT2D eigenvalue weighted by Gasteiger charge is -2.46. The number of hydrogen-bond acceptors (Lipinski definition) is 8. The van der Waals surface area contributed by atoms with Crippen LogP contribution >= 0.6 is 0 Å². The molecule has 2 heterocycles. The molecule has 2 spiro atoms. The molecule has 2 saturated carbocycles. The van der Waals surface area contributed by atoms with Gasteiger partial charge < -0.3 is 15.3 Å². The summed E-state index contributed by atoms with van der Waals surface area (Å²) in [6.45, 7) is 0.777. The van der Waals surface area contributed by atoms with Crippen LogP contribution in [0.15, 0.2) is 78.9 Å². The lowest BCUT2D eigenvalue weighted by atomic mass is 9.85. The van der Waals surface area contributed by atoms with Crippen LogP contribution in [-0.4, -0.2) is 40.8 Å². The van der Waals surface area contributed by atoms with Crippen LogP contribution in [0.25, 0.3) is 0 Å². The second-order valence-electron chi connectivity index (χ2n) is 13.3. The predicted octanol–water partition coefficient (Wildman–Crippen LogP) is 5.88. The molecule has 1 saturated heterocycles. The number of Topliss-reactive ketones (excluding diaryl/α,β-unsaturated/α-hetero) is 1. The quantitative estimate of drug-likeness (QED) is 0.231. The number of carbonyl (C=O) groups excluding carboxylic acids is 3. The molecule has 2 amide bonds. The molecule has 1 atom stereocenters. The van der Waals surface area contributed by atoms with Crippen molar-refractivity contribution in [2.24, 2.45) is 5.92 Å². The standard InChI is InChI=1S/C37H40N2O8/c40-32(23-37(43)30-11-5-6-12-31(30)39(34(37)42)25-27-9-3-1-4-10-27)28-13-15-29(16-14-28)33(41)38-24-26-17-21-36(22-18-26)46-44-35(45-47-36)19-7-2-8-20-35/h1,3-6,9-16,26,43H,2,7-8,17-25H2,(H,38,41). The first-order valence-corrected chi connectivity index (χ1v) is 16.6. The molecule has 47 heavy (non-hydrogen) atoms. The summed E-state index contributed by atoms with van der Waals surface area (Å²) in [6.07, 6.45) is 7.08. The molecular weight excluding hydrogens is 600 g/mol. The zero-order valence-electron chi connectivity index (χ0n) is 26.3. The van der Waals surface area contributed by atoms with E-state index in [4.69, 9.17) is 19.6 Å². The monoisotopic (exact) mass is 640 g/mol. The predicted molar refractivity (Wildman–Crippen MR) is 171 cm³/mol. The first-order chi connectivity index (χ1) is 22.8. The number of para-hydroxylation sites is 1. The van der Waals surface area contributed by atoms with Crippen LogP contribution in [0.3, 0.4) is 0 Å². The van der Waals surface area contributed by atoms with Crippen molar-refractivity contribution in [3.63, 3.8) is 0 Å². The molecule has 0 aromatic heterocycles. The number of anilines is 1. The Bertz CT molecular complexity index is 1600. The largest absolute Gasteiger partial charge is 0.375 e. The molecule has 3 aromatic carbocycles. The summed E-state index contributed by atoms with van der Waals surface area (Å²) in [5.74, 6) is -2.60. The van der Waals surface area contributed by atoms with E-state index in [-0.39, 0.29) is 18.4 Å². The number of nitrogens with zero attached hydrogens (tertiary/aromatic N) is 1. The van der Waals surface area contributed by atoms with E-state index in [1.807, 2.05) is 30.3 Å². The van der Waals surface area contributed by atoms with E-state index >= 15 is 0 Å². The van der Waals surface area contributed by atoms with Gasteiger partial charge in [0.25, 0.3) is 11.8 Å². The fourth-order valence-electron chi connectivity index (χ4n) is 7.16. The third-order valence-corrected chi connectivity index (χ3v) is 10.0. The topological polar surface area (TPSA) is 124 Å². The van der Waals surface area contributed by atoms with Gasteiger partial charge in [-0.2, -0.15) is 19.6 Å². The average Bonchev–Trinajstić information content (AvgIpc) is 3.32. The summed E-state index contributed by atoms with van der Waals surface area (Å²) >= 11 is 0. The maximum absolute atomic E-state index is 13.6. The highest BCUT2D eigenvalue weighted by atomic mass is 17.4. The van der Waals surface area contributed by atoms with E-state index < -0.39 is 35.3 Å². The normalized spacial score (nSPS) is 23.5. The van der Waals surface area contributed by atoms with Crippen LogP contribution in [-0.2, 0) is 36.5 Å². The van der Waals surface area contributed by atoms with Crippen LogP contribution in [0.2, 0.25) is 0 Å². The SMILES string of the molecule is O=C(CC1(O)C(=O)N(Cc2ccccc2)c2ccccc21)c1ccc(C(=O)NCC2CCC3(CC2)OOC2(CCCCC2)OO3)cc1. The smallest absolute Gasteiger partial charge is 0.264 e. The maximum Gasteiger partial charge on any atom is 0.264 e. The number of hydrogen-bond donors (Lipinski definition) is 2. The molecule has 0 radical (unpaired) electrons. The molecule has 3 fully saturated rings. The van der Waals surface area contributed by atoms with E-state index in [2.05, 4.69) is 5.32 Å². The molecule has 7 rings (SSSR count). The van der Waals surface area contributed by atoms with Crippen LogP contribution in [0.1, 0.15) is 96.1 Å². The van der Waals surface area contributed by atoms with E-state index in [1.54, 1.807) is 48.5 Å². The summed E-state index contributed by atoms with van der Waals surface area (Å²) in [6, 6.07) is 22.9. The van der Waals surface area contributed by atoms with Crippen LogP contribution < -0.4 is 10.2 Å². The molecule has 2 aliphatic carbocycles. The minimum atomic E-state index is -1.99. The molecule has 3 aromatic rings. The average molecular weight is 641 g/mol. The van der Waals surface area contributed by atoms with E-state index in [9.17, 15) is 19.5 Å². The van der Waals surface area contributed by atoms with Gasteiger partial charge in [-0.05, 0) is 55.4 Å². The lowest BCUT2D eigenvalue weighted by molar-refractivity contribution is -0.663. The van der Waals surface area contributed by atoms with Crippen molar-refractivity contribution in [3.05, 3.63) is 101 Å². The molecule has 0 bridgehead atoms. The van der Waals surface area contributed by atoms with Crippen LogP contribution in [0.4, 0.5) is 5.69 Å². The van der Waals surface area contributed by atoms with Crippen molar-refractivity contribution in [1.29, 1.82) is 0 Å². The van der Waals surface area contributed by atoms with Crippen molar-refractivity contribution in [3.8, 4) is 0 Å². The number of rotatable bonds is 8. The summed E-state index contributed by atoms with van der Waals surface area (Å²) in [7, 11) is 0. The second-order valence-corrected chi connectivity index (χ2v) is 13.3. The summed E-state index contributed by atoms with van der Waals surface area (Å²) in [4.78, 5) is 64.5. The van der Waals surface area contributed by atoms with E-state index in [0.29, 0.717) is 41.8 Å². The Hall–Kier alpha value is -3.93. The van der Waals surface area contributed by atoms with Gasteiger partial charge in [-0.25, -0.2) is 0 Å². The highest BCUT2D eigenvalue weighted by molar-refractivity contribution is 6.10. The molecule has 10 nitrogen and oxygen atoms in total. The first-order valence-electron chi connectivity index (χ1n) is 16.6. The molecule has 246 valence electrons. The number of nitrogens with one attached hydrogen (secondary N) is 1. The maximum atomic E-state index is 13.6. The Balaban J connectivity index is 0.920. The highest BCUT2D eigenvalue weighted by Crippen LogP contribution is 2.45. The molecular formula is C37H40N2O8. The second kappa shape index (κ2) is 12.9. The van der Waals surface area contributed by atoms with Gasteiger partial charge in [-0.3, -0.25) is 14.4 Å². The molecule has 2 aliphatic heterocycles. The number of ketones is 1. The van der Waals surface area contributed by atoms with Gasteiger partial charge in [0, 0.05) is 48.9 Å². The fourth-order valence-corrected chi connectivity index (χ4v) is 7.16. The first kappa shape index (κ1) is 31.7. The van der Waals surface area contributed by atoms with E-state index in [1.165, 1.54) is 4.90 Å². The van der Waals surface area contributed by atoms with Gasteiger partial charge in [-0.1, -0.05) is 67.1 Å². The van der Waals surface area contributed by atoms with Gasteiger partial charge in [-0.15, -0.1) is 0 Å². The number of aliphatic hydroxyl groups is 1. The third-order valence-electron chi connectivity index (χ3n) is 10.0. The number of carbonyl (C=O) groups is 3. The van der Waals surface area contributed by atoms with Crippen molar-refractivity contribution in [2.45, 2.75) is 87.9 Å². The highest BCUT2D eigenvalue weighted by Gasteiger charge is 2.52. The fraction of sp³-hybridized carbons (Fsp3) is 0.432. The molecule has 1 unspecified atom stereocenters. The Morgan fingerprint density at radius 1 is 0.766 bits per heavy atom. The minimum absolute atomic E-state index is 0.240. The Kier molecular flexibility index (Phi) is 8.71. The van der Waals surface area contributed by atoms with Crippen molar-refractivity contribution in [1.82, 2.24) is 5.32 Å². The van der Waals surface area contributed by atoms with Gasteiger partial charge >= 0.3 is 0 Å². The van der Waals surface area contributed by atoms with E-state index in [0.717, 1.165) is 50.5 Å². The summed E-state index contributed by atoms with van der Waals surface area (Å²) in [5, 5.41) is 14.7. The number of fused-ring (bicyclic) bond motifs is 1. The van der Waals surface area contributed by atoms with Crippen molar-refractivity contribution in [2.75, 3.05) is 11.4 Å². The van der Waals surface area contributed by atoms with Crippen LogP contribution in [0, 0.1) is 5.92 Å². The van der Waals surface area contributed by atoms with Gasteiger partial charge in [0.15, 0.2) is 11.4 Å². The molecule has 4 aliphatic rings. The molecule has 10 heteroatoms. The van der Waals surface area contributed by atoms with Gasteiger partial charge in [0.1, 0.15) is 0 Å². The lowest BCUT2D eigenvalue weighted by Crippen LogP contribution is -2.53. The zero-order chi connectivity index (χ0) is 32.5. The minimum Gasteiger partial charge on any atom is -0.375 e. The Morgan fingerprint density at radius 3 is 2.04 bits per heavy atom. The summed E-state index contributed by atoms with van der Waals surface area (Å²) in [5.41, 5.74) is 0.657. The van der Waals surface area contributed by atoms with Crippen molar-refractivity contribution >= 4 is 23.3 Å². The summed E-state index contributed by atoms with van der Waals surface area (Å²) < 4.78 is 0. The zero-order valence-corrected chi connectivity index (χ0v) is 26.3. The Labute approximate surface area is 273 Å². The van der Waals surface area contributed by atoms with Crippen molar-refractivity contribution < 1.29 is 39.0 Å². The third kappa shape index (κ3) is 6.36. The molecule has 2 N–H and O–H groups in total. The Morgan fingerprint density at radius 2 is 1.36 bits per heavy atom. The number of benzene rings is 3. The van der Waals surface area contributed by atoms with Crippen LogP contribution in [0.5, 0.6) is 0 Å².